The minimum Gasteiger partial charge on any atom is -0.347 e. The normalized spacial score (nSPS) is 12.2. The fourth-order valence-electron chi connectivity index (χ4n) is 1.93. The maximum absolute atomic E-state index is 4.30. The maximum Gasteiger partial charge on any atom is 0.224 e. The number of hydrogen-bond donors (Lipinski definition) is 1. The lowest BCUT2D eigenvalue weighted by molar-refractivity contribution is 0.455. The smallest absolute Gasteiger partial charge is 0.224 e. The van der Waals surface area contributed by atoms with E-state index in [9.17, 15) is 0 Å². The number of anilines is 1. The van der Waals surface area contributed by atoms with Gasteiger partial charge in [0.25, 0.3) is 0 Å². The Morgan fingerprint density at radius 1 is 1.37 bits per heavy atom. The van der Waals surface area contributed by atoms with Crippen LogP contribution in [0.25, 0.3) is 0 Å². The summed E-state index contributed by atoms with van der Waals surface area (Å²) < 4.78 is 0. The van der Waals surface area contributed by atoms with Crippen LogP contribution in [0.15, 0.2) is 25.0 Å². The van der Waals surface area contributed by atoms with Crippen molar-refractivity contribution in [1.29, 1.82) is 0 Å². The summed E-state index contributed by atoms with van der Waals surface area (Å²) in [5.41, 5.74) is 1.13. The first-order valence-electron chi connectivity index (χ1n) is 6.97. The lowest BCUT2D eigenvalue weighted by Crippen LogP contribution is -2.18. The molecule has 0 aromatic carbocycles. The van der Waals surface area contributed by atoms with Crippen molar-refractivity contribution in [3.63, 3.8) is 0 Å². The Balaban J connectivity index is 2.27. The van der Waals surface area contributed by atoms with Gasteiger partial charge in [-0.1, -0.05) is 19.4 Å². The molecule has 1 rings (SSSR count). The van der Waals surface area contributed by atoms with Crippen LogP contribution in [0, 0.1) is 5.92 Å². The first-order valence-corrected chi connectivity index (χ1v) is 6.97. The van der Waals surface area contributed by atoms with Crippen molar-refractivity contribution >= 4 is 5.95 Å². The zero-order valence-electron chi connectivity index (χ0n) is 12.4. The molecule has 0 amide bonds. The quantitative estimate of drug-likeness (QED) is 0.548. The van der Waals surface area contributed by atoms with E-state index in [0.29, 0.717) is 0 Å². The van der Waals surface area contributed by atoms with Crippen molar-refractivity contribution < 1.29 is 0 Å². The molecule has 0 radical (unpaired) electrons. The molecule has 0 aliphatic carbocycles. The van der Waals surface area contributed by atoms with Gasteiger partial charge < -0.3 is 10.2 Å². The van der Waals surface area contributed by atoms with E-state index < -0.39 is 0 Å². The maximum atomic E-state index is 4.30. The molecule has 1 heterocycles. The number of aromatic nitrogens is 2. The van der Waals surface area contributed by atoms with Crippen LogP contribution in [-0.4, -0.2) is 30.6 Å². The Bertz CT molecular complexity index is 359. The molecule has 4 heteroatoms. The van der Waals surface area contributed by atoms with Gasteiger partial charge in [-0.2, -0.15) is 0 Å². The van der Waals surface area contributed by atoms with Gasteiger partial charge in [0.15, 0.2) is 0 Å². The first kappa shape index (κ1) is 15.6. The van der Waals surface area contributed by atoms with Crippen molar-refractivity contribution in [2.24, 2.45) is 5.92 Å². The standard InChI is InChI=1S/C15H26N4/c1-5-7-13(6-2)8-9-16-10-14-11-17-15(18-12-14)19(3)4/h5,11-13,16H,1,6-10H2,2-4H3. The van der Waals surface area contributed by atoms with Gasteiger partial charge in [0, 0.05) is 38.6 Å². The molecule has 0 aliphatic rings. The van der Waals surface area contributed by atoms with Crippen LogP contribution in [0.2, 0.25) is 0 Å². The summed E-state index contributed by atoms with van der Waals surface area (Å²) in [6, 6.07) is 0. The highest BCUT2D eigenvalue weighted by Gasteiger charge is 2.04. The minimum atomic E-state index is 0.748. The van der Waals surface area contributed by atoms with Crippen molar-refractivity contribution in [1.82, 2.24) is 15.3 Å². The van der Waals surface area contributed by atoms with Crippen LogP contribution >= 0.6 is 0 Å². The molecule has 106 valence electrons. The molecule has 1 unspecified atom stereocenters. The summed E-state index contributed by atoms with van der Waals surface area (Å²) in [6.45, 7) is 7.90. The topological polar surface area (TPSA) is 41.1 Å². The minimum absolute atomic E-state index is 0.748. The monoisotopic (exact) mass is 262 g/mol. The van der Waals surface area contributed by atoms with Crippen molar-refractivity contribution in [3.8, 4) is 0 Å². The van der Waals surface area contributed by atoms with Crippen LogP contribution < -0.4 is 10.2 Å². The summed E-state index contributed by atoms with van der Waals surface area (Å²) in [5.74, 6) is 1.50. The van der Waals surface area contributed by atoms with Crippen LogP contribution in [0.3, 0.4) is 0 Å². The lowest BCUT2D eigenvalue weighted by Gasteiger charge is -2.13. The van der Waals surface area contributed by atoms with Crippen LogP contribution in [0.5, 0.6) is 0 Å². The molecule has 0 saturated heterocycles. The van der Waals surface area contributed by atoms with Crippen molar-refractivity contribution in [2.45, 2.75) is 32.7 Å². The largest absolute Gasteiger partial charge is 0.347 e. The predicted octanol–water partition coefficient (Wildman–Crippen LogP) is 2.62. The van der Waals surface area contributed by atoms with E-state index in [2.05, 4.69) is 28.8 Å². The number of allylic oxidation sites excluding steroid dienone is 1. The molecule has 1 aromatic heterocycles. The number of nitrogens with zero attached hydrogens (tertiary/aromatic N) is 3. The Morgan fingerprint density at radius 3 is 2.58 bits per heavy atom. The average Bonchev–Trinajstić information content (AvgIpc) is 2.42. The second-order valence-electron chi connectivity index (χ2n) is 5.05. The van der Waals surface area contributed by atoms with Crippen LogP contribution in [0.1, 0.15) is 31.7 Å². The van der Waals surface area contributed by atoms with Gasteiger partial charge in [-0.15, -0.1) is 6.58 Å². The summed E-state index contributed by atoms with van der Waals surface area (Å²) in [5, 5.41) is 3.45. The van der Waals surface area contributed by atoms with Gasteiger partial charge in [-0.05, 0) is 25.3 Å². The van der Waals surface area contributed by atoms with E-state index in [1.165, 1.54) is 12.8 Å². The molecular weight excluding hydrogens is 236 g/mol. The number of rotatable bonds is 9. The number of hydrogen-bond acceptors (Lipinski definition) is 4. The molecule has 19 heavy (non-hydrogen) atoms. The van der Waals surface area contributed by atoms with E-state index >= 15 is 0 Å². The highest BCUT2D eigenvalue weighted by atomic mass is 15.2. The highest BCUT2D eigenvalue weighted by molar-refractivity contribution is 5.26. The molecule has 1 N–H and O–H groups in total. The second-order valence-corrected chi connectivity index (χ2v) is 5.05. The van der Waals surface area contributed by atoms with Gasteiger partial charge in [0.05, 0.1) is 0 Å². The van der Waals surface area contributed by atoms with Gasteiger partial charge in [0.1, 0.15) is 0 Å². The SMILES string of the molecule is C=CCC(CC)CCNCc1cnc(N(C)C)nc1. The van der Waals surface area contributed by atoms with Gasteiger partial charge in [-0.3, -0.25) is 0 Å². The van der Waals surface area contributed by atoms with E-state index in [0.717, 1.165) is 36.9 Å². The zero-order chi connectivity index (χ0) is 14.1. The fraction of sp³-hybridized carbons (Fsp3) is 0.600. The Kier molecular flexibility index (Phi) is 7.11. The summed E-state index contributed by atoms with van der Waals surface area (Å²) in [4.78, 5) is 10.5. The molecule has 0 spiro atoms. The molecule has 0 saturated carbocycles. The lowest BCUT2D eigenvalue weighted by atomic mass is 9.99. The molecule has 0 bridgehead atoms. The Labute approximate surface area is 117 Å². The van der Waals surface area contributed by atoms with Gasteiger partial charge in [0.2, 0.25) is 5.95 Å². The molecule has 4 nitrogen and oxygen atoms in total. The van der Waals surface area contributed by atoms with Crippen LogP contribution in [-0.2, 0) is 6.54 Å². The third-order valence-electron chi connectivity index (χ3n) is 3.23. The van der Waals surface area contributed by atoms with E-state index in [4.69, 9.17) is 0 Å². The molecule has 1 aromatic rings. The third kappa shape index (κ3) is 5.83. The average molecular weight is 262 g/mol. The molecule has 0 fully saturated rings. The van der Waals surface area contributed by atoms with E-state index in [1.54, 1.807) is 0 Å². The van der Waals surface area contributed by atoms with E-state index in [-0.39, 0.29) is 0 Å². The fourth-order valence-corrected chi connectivity index (χ4v) is 1.93. The van der Waals surface area contributed by atoms with E-state index in [1.807, 2.05) is 37.5 Å². The summed E-state index contributed by atoms with van der Waals surface area (Å²) >= 11 is 0. The van der Waals surface area contributed by atoms with Crippen molar-refractivity contribution in [2.75, 3.05) is 25.5 Å². The third-order valence-corrected chi connectivity index (χ3v) is 3.23. The Hall–Kier alpha value is -1.42. The molecular formula is C15H26N4. The first-order chi connectivity index (χ1) is 9.17. The highest BCUT2D eigenvalue weighted by Crippen LogP contribution is 2.12. The zero-order valence-corrected chi connectivity index (χ0v) is 12.4. The summed E-state index contributed by atoms with van der Waals surface area (Å²) in [7, 11) is 3.88. The van der Waals surface area contributed by atoms with Gasteiger partial charge in [-0.25, -0.2) is 9.97 Å². The Morgan fingerprint density at radius 2 is 2.05 bits per heavy atom. The second kappa shape index (κ2) is 8.64. The van der Waals surface area contributed by atoms with Crippen molar-refractivity contribution in [3.05, 3.63) is 30.6 Å². The van der Waals surface area contributed by atoms with Crippen LogP contribution in [0.4, 0.5) is 5.95 Å². The van der Waals surface area contributed by atoms with Gasteiger partial charge >= 0.3 is 0 Å². The number of nitrogens with one attached hydrogen (secondary N) is 1. The summed E-state index contributed by atoms with van der Waals surface area (Å²) in [6.07, 6.45) is 9.31. The molecule has 0 aliphatic heterocycles. The predicted molar refractivity (Wildman–Crippen MR) is 81.3 cm³/mol. The molecule has 1 atom stereocenters.